The van der Waals surface area contributed by atoms with Gasteiger partial charge < -0.3 is 14.5 Å². The normalized spacial score (nSPS) is 10.7. The number of carbonyl (C=O) groups excluding carboxylic acids is 1. The first-order chi connectivity index (χ1) is 13.1. The fourth-order valence-corrected chi connectivity index (χ4v) is 2.69. The highest BCUT2D eigenvalue weighted by Gasteiger charge is 2.11. The zero-order valence-corrected chi connectivity index (χ0v) is 14.4. The van der Waals surface area contributed by atoms with Crippen molar-refractivity contribution in [2.75, 3.05) is 12.4 Å². The number of halogens is 1. The molecular formula is C21H15FN2O3. The lowest BCUT2D eigenvalue weighted by molar-refractivity contribution is 0.102. The highest BCUT2D eigenvalue weighted by Crippen LogP contribution is 2.27. The number of fused-ring (bicyclic) bond motifs is 1. The van der Waals surface area contributed by atoms with Crippen molar-refractivity contribution < 1.29 is 18.3 Å². The van der Waals surface area contributed by atoms with Gasteiger partial charge in [0.1, 0.15) is 17.1 Å². The Morgan fingerprint density at radius 1 is 1.07 bits per heavy atom. The van der Waals surface area contributed by atoms with Crippen molar-refractivity contribution in [3.63, 3.8) is 0 Å². The Morgan fingerprint density at radius 3 is 2.63 bits per heavy atom. The average Bonchev–Trinajstić information content (AvgIpc) is 3.11. The summed E-state index contributed by atoms with van der Waals surface area (Å²) < 4.78 is 24.2. The molecule has 4 aromatic rings. The van der Waals surface area contributed by atoms with Crippen LogP contribution in [0.25, 0.3) is 22.6 Å². The molecule has 0 bridgehead atoms. The van der Waals surface area contributed by atoms with Crippen molar-refractivity contribution in [1.82, 2.24) is 4.98 Å². The number of aromatic nitrogens is 1. The van der Waals surface area contributed by atoms with Crippen molar-refractivity contribution in [3.8, 4) is 17.2 Å². The van der Waals surface area contributed by atoms with Crippen LogP contribution in [0, 0.1) is 5.82 Å². The van der Waals surface area contributed by atoms with Gasteiger partial charge in [0.25, 0.3) is 5.91 Å². The van der Waals surface area contributed by atoms with Crippen LogP contribution in [0.3, 0.4) is 0 Å². The largest absolute Gasteiger partial charge is 0.497 e. The molecule has 6 heteroatoms. The molecular weight excluding hydrogens is 347 g/mol. The molecule has 1 heterocycles. The van der Waals surface area contributed by atoms with Crippen LogP contribution >= 0.6 is 0 Å². The third-order valence-electron chi connectivity index (χ3n) is 4.07. The van der Waals surface area contributed by atoms with Gasteiger partial charge in [-0.15, -0.1) is 0 Å². The van der Waals surface area contributed by atoms with Gasteiger partial charge in [0.15, 0.2) is 5.58 Å². The molecule has 134 valence electrons. The van der Waals surface area contributed by atoms with Gasteiger partial charge in [-0.2, -0.15) is 0 Å². The molecule has 27 heavy (non-hydrogen) atoms. The van der Waals surface area contributed by atoms with Crippen molar-refractivity contribution in [2.24, 2.45) is 0 Å². The van der Waals surface area contributed by atoms with Gasteiger partial charge in [0.2, 0.25) is 5.89 Å². The lowest BCUT2D eigenvalue weighted by Crippen LogP contribution is -2.11. The van der Waals surface area contributed by atoms with Crippen LogP contribution in [0.15, 0.2) is 71.1 Å². The third-order valence-corrected chi connectivity index (χ3v) is 4.07. The maximum atomic E-state index is 13.3. The van der Waals surface area contributed by atoms with E-state index >= 15 is 0 Å². The predicted molar refractivity (Wildman–Crippen MR) is 100 cm³/mol. The van der Waals surface area contributed by atoms with E-state index in [-0.39, 0.29) is 5.56 Å². The molecule has 4 rings (SSSR count). The number of rotatable bonds is 4. The Bertz CT molecular complexity index is 1120. The third kappa shape index (κ3) is 3.50. The van der Waals surface area contributed by atoms with Gasteiger partial charge in [-0.1, -0.05) is 6.07 Å². The summed E-state index contributed by atoms with van der Waals surface area (Å²) in [5.41, 5.74) is 2.81. The van der Waals surface area contributed by atoms with Crippen LogP contribution in [-0.2, 0) is 0 Å². The van der Waals surface area contributed by atoms with E-state index in [1.807, 2.05) is 24.3 Å². The molecule has 0 aliphatic rings. The highest BCUT2D eigenvalue weighted by molar-refractivity contribution is 6.04. The molecule has 0 saturated heterocycles. The van der Waals surface area contributed by atoms with Crippen LogP contribution in [-0.4, -0.2) is 18.0 Å². The van der Waals surface area contributed by atoms with E-state index in [1.165, 1.54) is 18.2 Å². The molecule has 0 radical (unpaired) electrons. The standard InChI is InChI=1S/C21H15FN2O3/c1-26-17-8-5-13(6-9-17)21-24-18-10-7-16(12-19(18)27-21)23-20(25)14-3-2-4-15(22)11-14/h2-12H,1H3,(H,23,25). The summed E-state index contributed by atoms with van der Waals surface area (Å²) in [6.45, 7) is 0. The molecule has 0 unspecified atom stereocenters. The van der Waals surface area contributed by atoms with Crippen LogP contribution in [0.5, 0.6) is 5.75 Å². The van der Waals surface area contributed by atoms with Gasteiger partial charge in [-0.25, -0.2) is 9.37 Å². The summed E-state index contributed by atoms with van der Waals surface area (Å²) in [5, 5.41) is 2.73. The topological polar surface area (TPSA) is 64.4 Å². The van der Waals surface area contributed by atoms with E-state index in [4.69, 9.17) is 9.15 Å². The van der Waals surface area contributed by atoms with E-state index in [9.17, 15) is 9.18 Å². The molecule has 1 amide bonds. The minimum Gasteiger partial charge on any atom is -0.497 e. The Balaban J connectivity index is 1.59. The lowest BCUT2D eigenvalue weighted by Gasteiger charge is -2.04. The summed E-state index contributed by atoms with van der Waals surface area (Å²) in [5.74, 6) is 0.361. The van der Waals surface area contributed by atoms with Gasteiger partial charge >= 0.3 is 0 Å². The first kappa shape index (κ1) is 16.8. The average molecular weight is 362 g/mol. The summed E-state index contributed by atoms with van der Waals surface area (Å²) >= 11 is 0. The fourth-order valence-electron chi connectivity index (χ4n) is 2.69. The van der Waals surface area contributed by atoms with E-state index in [1.54, 1.807) is 31.4 Å². The number of anilines is 1. The SMILES string of the molecule is COc1ccc(-c2nc3ccc(NC(=O)c4cccc(F)c4)cc3o2)cc1. The minimum absolute atomic E-state index is 0.242. The number of oxazole rings is 1. The highest BCUT2D eigenvalue weighted by atomic mass is 19.1. The predicted octanol–water partition coefficient (Wildman–Crippen LogP) is 4.89. The molecule has 0 atom stereocenters. The van der Waals surface area contributed by atoms with Crippen molar-refractivity contribution in [2.45, 2.75) is 0 Å². The van der Waals surface area contributed by atoms with E-state index in [2.05, 4.69) is 10.3 Å². The summed E-state index contributed by atoms with van der Waals surface area (Å²) in [4.78, 5) is 16.7. The fraction of sp³-hybridized carbons (Fsp3) is 0.0476. The summed E-state index contributed by atoms with van der Waals surface area (Å²) in [6, 6.07) is 18.1. The molecule has 1 aromatic heterocycles. The Hall–Kier alpha value is -3.67. The number of amides is 1. The minimum atomic E-state index is -0.461. The Kier molecular flexibility index (Phi) is 4.30. The molecule has 5 nitrogen and oxygen atoms in total. The summed E-state index contributed by atoms with van der Waals surface area (Å²) in [7, 11) is 1.61. The van der Waals surface area contributed by atoms with Gasteiger partial charge in [0.05, 0.1) is 7.11 Å². The second-order valence-corrected chi connectivity index (χ2v) is 5.89. The van der Waals surface area contributed by atoms with E-state index < -0.39 is 11.7 Å². The second kappa shape index (κ2) is 6.92. The van der Waals surface area contributed by atoms with Crippen molar-refractivity contribution in [1.29, 1.82) is 0 Å². The number of ether oxygens (including phenoxy) is 1. The molecule has 3 aromatic carbocycles. The number of carbonyl (C=O) groups is 1. The number of hydrogen-bond acceptors (Lipinski definition) is 4. The second-order valence-electron chi connectivity index (χ2n) is 5.89. The quantitative estimate of drug-likeness (QED) is 0.561. The van der Waals surface area contributed by atoms with Crippen LogP contribution in [0.2, 0.25) is 0 Å². The van der Waals surface area contributed by atoms with Crippen LogP contribution < -0.4 is 10.1 Å². The number of methoxy groups -OCH3 is 1. The van der Waals surface area contributed by atoms with Crippen molar-refractivity contribution in [3.05, 3.63) is 78.1 Å². The van der Waals surface area contributed by atoms with Gasteiger partial charge in [-0.3, -0.25) is 4.79 Å². The first-order valence-electron chi connectivity index (χ1n) is 8.24. The summed E-state index contributed by atoms with van der Waals surface area (Å²) in [6.07, 6.45) is 0. The first-order valence-corrected chi connectivity index (χ1v) is 8.24. The number of nitrogens with one attached hydrogen (secondary N) is 1. The molecule has 0 saturated carbocycles. The van der Waals surface area contributed by atoms with Crippen LogP contribution in [0.4, 0.5) is 10.1 Å². The smallest absolute Gasteiger partial charge is 0.255 e. The zero-order valence-electron chi connectivity index (χ0n) is 14.4. The lowest BCUT2D eigenvalue weighted by atomic mass is 10.2. The monoisotopic (exact) mass is 362 g/mol. The number of nitrogens with zero attached hydrogens (tertiary/aromatic N) is 1. The maximum Gasteiger partial charge on any atom is 0.255 e. The van der Waals surface area contributed by atoms with Crippen molar-refractivity contribution >= 4 is 22.7 Å². The van der Waals surface area contributed by atoms with E-state index in [0.29, 0.717) is 22.7 Å². The molecule has 0 aliphatic heterocycles. The Morgan fingerprint density at radius 2 is 1.89 bits per heavy atom. The molecule has 0 fully saturated rings. The van der Waals surface area contributed by atoms with Gasteiger partial charge in [-0.05, 0) is 54.6 Å². The van der Waals surface area contributed by atoms with Gasteiger partial charge in [0, 0.05) is 22.9 Å². The Labute approximate surface area is 154 Å². The number of benzene rings is 3. The van der Waals surface area contributed by atoms with E-state index in [0.717, 1.165) is 11.3 Å². The zero-order chi connectivity index (χ0) is 18.8. The number of hydrogen-bond donors (Lipinski definition) is 1. The molecule has 0 spiro atoms. The molecule has 0 aliphatic carbocycles. The van der Waals surface area contributed by atoms with Crippen LogP contribution in [0.1, 0.15) is 10.4 Å². The maximum absolute atomic E-state index is 13.3. The molecule has 1 N–H and O–H groups in total.